The van der Waals surface area contributed by atoms with Gasteiger partial charge in [-0.2, -0.15) is 0 Å². The number of carbonyl (C=O) groups excluding carboxylic acids is 1. The highest BCUT2D eigenvalue weighted by molar-refractivity contribution is 9.10. The van der Waals surface area contributed by atoms with Gasteiger partial charge in [0.2, 0.25) is 0 Å². The van der Waals surface area contributed by atoms with Crippen molar-refractivity contribution in [2.24, 2.45) is 0 Å². The topological polar surface area (TPSA) is 68.0 Å². The van der Waals surface area contributed by atoms with Crippen LogP contribution in [0.3, 0.4) is 0 Å². The second kappa shape index (κ2) is 5.84. The van der Waals surface area contributed by atoms with Crippen LogP contribution in [-0.2, 0) is 0 Å². The van der Waals surface area contributed by atoms with Crippen molar-refractivity contribution in [3.8, 4) is 0 Å². The predicted octanol–water partition coefficient (Wildman–Crippen LogP) is 2.92. The molecule has 0 saturated heterocycles. The van der Waals surface area contributed by atoms with E-state index in [4.69, 9.17) is 5.73 Å². The van der Waals surface area contributed by atoms with Gasteiger partial charge in [0.1, 0.15) is 0 Å². The molecule has 1 aromatic heterocycles. The maximum absolute atomic E-state index is 12.1. The van der Waals surface area contributed by atoms with Gasteiger partial charge >= 0.3 is 0 Å². The van der Waals surface area contributed by atoms with Gasteiger partial charge in [0.15, 0.2) is 5.69 Å². The fraction of sp³-hybridized carbons (Fsp3) is 0.143. The van der Waals surface area contributed by atoms with Crippen molar-refractivity contribution < 1.29 is 4.79 Å². The lowest BCUT2D eigenvalue weighted by Crippen LogP contribution is -2.28. The molecule has 0 radical (unpaired) electrons. The molecule has 98 valence electrons. The van der Waals surface area contributed by atoms with Crippen molar-refractivity contribution in [1.82, 2.24) is 10.3 Å². The molecule has 2 rings (SSSR count). The normalized spacial score (nSPS) is 11.9. The highest BCUT2D eigenvalue weighted by Crippen LogP contribution is 2.23. The molecule has 0 aliphatic heterocycles. The van der Waals surface area contributed by atoms with Gasteiger partial charge in [-0.1, -0.05) is 34.1 Å². The Hall–Kier alpha value is -1.88. The molecule has 1 amide bonds. The first-order chi connectivity index (χ1) is 9.09. The number of hydrogen-bond donors (Lipinski definition) is 2. The Morgan fingerprint density at radius 2 is 2.05 bits per heavy atom. The number of nitrogens with two attached hydrogens (primary N) is 1. The highest BCUT2D eigenvalue weighted by Gasteiger charge is 2.15. The molecule has 0 bridgehead atoms. The molecule has 1 atom stereocenters. The number of nitrogen functional groups attached to an aromatic ring is 1. The lowest BCUT2D eigenvalue weighted by Gasteiger charge is -2.16. The third-order valence-corrected chi connectivity index (χ3v) is 3.50. The van der Waals surface area contributed by atoms with E-state index in [0.717, 1.165) is 10.0 Å². The van der Waals surface area contributed by atoms with Crippen LogP contribution in [0.4, 0.5) is 5.69 Å². The SMILES string of the molecule is C[C@@H](NC(=O)c1ncccc1N)c1ccccc1Br. The number of anilines is 1. The van der Waals surface area contributed by atoms with Crippen molar-refractivity contribution in [2.45, 2.75) is 13.0 Å². The number of nitrogens with zero attached hydrogens (tertiary/aromatic N) is 1. The van der Waals surface area contributed by atoms with E-state index in [1.54, 1.807) is 18.3 Å². The zero-order valence-electron chi connectivity index (χ0n) is 10.4. The Kier molecular flexibility index (Phi) is 4.16. The second-order valence-electron chi connectivity index (χ2n) is 4.16. The van der Waals surface area contributed by atoms with Gasteiger partial charge < -0.3 is 11.1 Å². The van der Waals surface area contributed by atoms with Gasteiger partial charge in [0.25, 0.3) is 5.91 Å². The fourth-order valence-electron chi connectivity index (χ4n) is 1.78. The summed E-state index contributed by atoms with van der Waals surface area (Å²) in [5.74, 6) is -0.277. The monoisotopic (exact) mass is 319 g/mol. The van der Waals surface area contributed by atoms with Crippen LogP contribution < -0.4 is 11.1 Å². The van der Waals surface area contributed by atoms with Crippen molar-refractivity contribution in [2.75, 3.05) is 5.73 Å². The lowest BCUT2D eigenvalue weighted by atomic mass is 10.1. The zero-order chi connectivity index (χ0) is 13.8. The number of halogens is 1. The van der Waals surface area contributed by atoms with Crippen LogP contribution in [0.1, 0.15) is 29.0 Å². The van der Waals surface area contributed by atoms with E-state index in [1.165, 1.54) is 0 Å². The number of benzene rings is 1. The summed E-state index contributed by atoms with van der Waals surface area (Å²) in [7, 11) is 0. The molecule has 2 aromatic rings. The van der Waals surface area contributed by atoms with Crippen molar-refractivity contribution in [3.63, 3.8) is 0 Å². The molecule has 0 aliphatic rings. The lowest BCUT2D eigenvalue weighted by molar-refractivity contribution is 0.0936. The number of aromatic nitrogens is 1. The molecule has 0 aliphatic carbocycles. The number of carbonyl (C=O) groups is 1. The van der Waals surface area contributed by atoms with Gasteiger partial charge in [-0.05, 0) is 30.7 Å². The zero-order valence-corrected chi connectivity index (χ0v) is 12.0. The Labute approximate surface area is 120 Å². The Morgan fingerprint density at radius 1 is 1.32 bits per heavy atom. The molecule has 19 heavy (non-hydrogen) atoms. The third-order valence-electron chi connectivity index (χ3n) is 2.77. The van der Waals surface area contributed by atoms with Gasteiger partial charge in [0.05, 0.1) is 11.7 Å². The molecule has 0 spiro atoms. The third kappa shape index (κ3) is 3.12. The molecular weight excluding hydrogens is 306 g/mol. The second-order valence-corrected chi connectivity index (χ2v) is 5.01. The Morgan fingerprint density at radius 3 is 2.74 bits per heavy atom. The number of amides is 1. The molecule has 0 unspecified atom stereocenters. The predicted molar refractivity (Wildman–Crippen MR) is 78.7 cm³/mol. The molecule has 1 aromatic carbocycles. The number of rotatable bonds is 3. The van der Waals surface area contributed by atoms with E-state index in [9.17, 15) is 4.79 Å². The summed E-state index contributed by atoms with van der Waals surface area (Å²) in [4.78, 5) is 16.1. The highest BCUT2D eigenvalue weighted by atomic mass is 79.9. The van der Waals surface area contributed by atoms with Crippen molar-refractivity contribution in [1.29, 1.82) is 0 Å². The maximum atomic E-state index is 12.1. The van der Waals surface area contributed by atoms with E-state index in [0.29, 0.717) is 5.69 Å². The van der Waals surface area contributed by atoms with Gasteiger partial charge in [0, 0.05) is 10.7 Å². The maximum Gasteiger partial charge on any atom is 0.272 e. The van der Waals surface area contributed by atoms with Crippen molar-refractivity contribution >= 4 is 27.5 Å². The Balaban J connectivity index is 2.16. The van der Waals surface area contributed by atoms with E-state index in [-0.39, 0.29) is 17.6 Å². The molecule has 0 fully saturated rings. The van der Waals surface area contributed by atoms with Gasteiger partial charge in [-0.3, -0.25) is 4.79 Å². The summed E-state index contributed by atoms with van der Waals surface area (Å²) in [6.07, 6.45) is 1.55. The standard InChI is InChI=1S/C14H14BrN3O/c1-9(10-5-2-3-6-11(10)15)18-14(19)13-12(16)7-4-8-17-13/h2-9H,16H2,1H3,(H,18,19)/t9-/m1/s1. The van der Waals surface area contributed by atoms with Crippen LogP contribution in [0.5, 0.6) is 0 Å². The van der Waals surface area contributed by atoms with Gasteiger partial charge in [-0.15, -0.1) is 0 Å². The van der Waals surface area contributed by atoms with Crippen molar-refractivity contribution in [3.05, 3.63) is 58.3 Å². The van der Waals surface area contributed by atoms with E-state index in [1.807, 2.05) is 31.2 Å². The van der Waals surface area contributed by atoms with E-state index >= 15 is 0 Å². The minimum absolute atomic E-state index is 0.135. The summed E-state index contributed by atoms with van der Waals surface area (Å²) < 4.78 is 0.955. The van der Waals surface area contributed by atoms with Crippen LogP contribution in [0.25, 0.3) is 0 Å². The summed E-state index contributed by atoms with van der Waals surface area (Å²) in [6.45, 7) is 1.91. The summed E-state index contributed by atoms with van der Waals surface area (Å²) >= 11 is 3.47. The minimum atomic E-state index is -0.277. The van der Waals surface area contributed by atoms with Crippen LogP contribution >= 0.6 is 15.9 Å². The molecule has 5 heteroatoms. The largest absolute Gasteiger partial charge is 0.397 e. The number of hydrogen-bond acceptors (Lipinski definition) is 3. The summed E-state index contributed by atoms with van der Waals surface area (Å²) in [5, 5.41) is 2.88. The van der Waals surface area contributed by atoms with Crippen LogP contribution in [-0.4, -0.2) is 10.9 Å². The smallest absolute Gasteiger partial charge is 0.272 e. The molecule has 1 heterocycles. The minimum Gasteiger partial charge on any atom is -0.397 e. The average Bonchev–Trinajstić information content (AvgIpc) is 2.39. The number of nitrogens with one attached hydrogen (secondary N) is 1. The summed E-state index contributed by atoms with van der Waals surface area (Å²) in [6, 6.07) is 11.0. The van der Waals surface area contributed by atoms with Crippen LogP contribution in [0.2, 0.25) is 0 Å². The van der Waals surface area contributed by atoms with E-state index < -0.39 is 0 Å². The molecular formula is C14H14BrN3O. The fourth-order valence-corrected chi connectivity index (χ4v) is 2.40. The van der Waals surface area contributed by atoms with Crippen LogP contribution in [0.15, 0.2) is 47.1 Å². The first kappa shape index (κ1) is 13.5. The molecule has 0 saturated carbocycles. The average molecular weight is 320 g/mol. The first-order valence-corrected chi connectivity index (χ1v) is 6.64. The van der Waals surface area contributed by atoms with E-state index in [2.05, 4.69) is 26.2 Å². The Bertz CT molecular complexity index is 601. The quantitative estimate of drug-likeness (QED) is 0.914. The first-order valence-electron chi connectivity index (χ1n) is 5.85. The number of pyridine rings is 1. The van der Waals surface area contributed by atoms with Crippen LogP contribution in [0, 0.1) is 0 Å². The molecule has 3 N–H and O–H groups in total. The van der Waals surface area contributed by atoms with Gasteiger partial charge in [-0.25, -0.2) is 4.98 Å². The molecule has 4 nitrogen and oxygen atoms in total. The summed E-state index contributed by atoms with van der Waals surface area (Å²) in [5.41, 5.74) is 7.36.